The van der Waals surface area contributed by atoms with Gasteiger partial charge in [0.1, 0.15) is 23.3 Å². The van der Waals surface area contributed by atoms with Gasteiger partial charge in [-0.2, -0.15) is 0 Å². The number of rotatable bonds is 5. The Morgan fingerprint density at radius 3 is 2.83 bits per heavy atom. The van der Waals surface area contributed by atoms with Crippen LogP contribution in [0.5, 0.6) is 17.4 Å². The van der Waals surface area contributed by atoms with Gasteiger partial charge in [0, 0.05) is 55.4 Å². The summed E-state index contributed by atoms with van der Waals surface area (Å²) in [6.07, 6.45) is 11.5. The monoisotopic (exact) mass is 400 g/mol. The minimum Gasteiger partial charge on any atom is -0.508 e. The lowest BCUT2D eigenvalue weighted by Gasteiger charge is -2.28. The summed E-state index contributed by atoms with van der Waals surface area (Å²) in [5, 5.41) is 18.8. The van der Waals surface area contributed by atoms with Gasteiger partial charge in [0.05, 0.1) is 11.9 Å². The molecule has 1 aromatic carbocycles. The lowest BCUT2D eigenvalue weighted by Crippen LogP contribution is -2.30. The third kappa shape index (κ3) is 3.22. The van der Waals surface area contributed by atoms with Gasteiger partial charge in [0.25, 0.3) is 0 Å². The maximum atomic E-state index is 9.91. The Labute approximate surface area is 172 Å². The van der Waals surface area contributed by atoms with Gasteiger partial charge in [0.2, 0.25) is 5.88 Å². The number of hydrogen-bond acceptors (Lipinski definition) is 6. The highest BCUT2D eigenvalue weighted by atomic mass is 16.5. The number of ether oxygens (including phenoxy) is 1. The zero-order valence-corrected chi connectivity index (χ0v) is 16.1. The number of imidazole rings is 1. The van der Waals surface area contributed by atoms with Gasteiger partial charge in [-0.05, 0) is 24.1 Å². The van der Waals surface area contributed by atoms with Crippen LogP contribution < -0.4 is 10.2 Å². The molecule has 8 heteroatoms. The zero-order chi connectivity index (χ0) is 20.5. The predicted molar refractivity (Wildman–Crippen MR) is 108 cm³/mol. The van der Waals surface area contributed by atoms with Crippen molar-refractivity contribution in [2.24, 2.45) is 0 Å². The normalized spacial score (nSPS) is 14.6. The Bertz CT molecular complexity index is 1230. The Balaban J connectivity index is 1.55. The second-order valence-electron chi connectivity index (χ2n) is 7.20. The molecule has 3 aromatic heterocycles. The molecule has 4 heterocycles. The number of phenolic OH excluding ortho intramolecular Hbond substituents is 1. The molecule has 0 amide bonds. The maximum absolute atomic E-state index is 9.91. The first-order valence-electron chi connectivity index (χ1n) is 9.71. The number of hydrogen-bond donors (Lipinski definition) is 2. The number of aromatic nitrogens is 5. The zero-order valence-electron chi connectivity index (χ0n) is 16.1. The quantitative estimate of drug-likeness (QED) is 0.472. The average Bonchev–Trinajstić information content (AvgIpc) is 3.28. The Kier molecular flexibility index (Phi) is 4.51. The van der Waals surface area contributed by atoms with Crippen LogP contribution in [0.4, 0.5) is 0 Å². The molecule has 0 spiro atoms. The summed E-state index contributed by atoms with van der Waals surface area (Å²) in [5.41, 5.74) is 2.88. The minimum atomic E-state index is -0.251. The first-order chi connectivity index (χ1) is 14.7. The molecule has 150 valence electrons. The molecule has 1 unspecified atom stereocenters. The molecule has 4 aromatic rings. The molecule has 2 N–H and O–H groups in total. The van der Waals surface area contributed by atoms with Crippen molar-refractivity contribution in [2.45, 2.75) is 25.4 Å². The summed E-state index contributed by atoms with van der Waals surface area (Å²) in [6.45, 7) is 1.47. The van der Waals surface area contributed by atoms with Crippen molar-refractivity contribution in [2.75, 3.05) is 0 Å². The van der Waals surface area contributed by atoms with E-state index in [-0.39, 0.29) is 11.7 Å². The minimum absolute atomic E-state index is 0.124. The summed E-state index contributed by atoms with van der Waals surface area (Å²) < 4.78 is 9.83. The molecule has 0 bridgehead atoms. The molecule has 0 saturated carbocycles. The Morgan fingerprint density at radius 1 is 1.10 bits per heavy atom. The third-order valence-electron chi connectivity index (χ3n) is 5.28. The molecule has 1 atom stereocenters. The van der Waals surface area contributed by atoms with E-state index < -0.39 is 0 Å². The predicted octanol–water partition coefficient (Wildman–Crippen LogP) is 3.04. The number of nitrogens with one attached hydrogen (secondary N) is 1. The van der Waals surface area contributed by atoms with E-state index in [2.05, 4.69) is 15.0 Å². The number of benzene rings is 1. The second-order valence-corrected chi connectivity index (χ2v) is 7.20. The van der Waals surface area contributed by atoms with Crippen LogP contribution in [-0.2, 0) is 13.1 Å². The molecule has 1 aliphatic heterocycles. The maximum Gasteiger partial charge on any atom is 0.228 e. The fraction of sp³-hybridized carbons (Fsp3) is 0.182. The second kappa shape index (κ2) is 7.47. The van der Waals surface area contributed by atoms with Crippen LogP contribution in [-0.4, -0.2) is 29.2 Å². The molecule has 0 radical (unpaired) electrons. The van der Waals surface area contributed by atoms with E-state index in [0.29, 0.717) is 29.2 Å². The van der Waals surface area contributed by atoms with Crippen molar-refractivity contribution < 1.29 is 9.84 Å². The molecule has 1 aliphatic rings. The SMILES string of the molecule is N=c1c2c(ncn1CCCn1ccnc1)Oc1cc(O)ccc1C2c1cccnc1. The van der Waals surface area contributed by atoms with Gasteiger partial charge in [0.15, 0.2) is 0 Å². The van der Waals surface area contributed by atoms with Crippen molar-refractivity contribution in [3.8, 4) is 17.4 Å². The smallest absolute Gasteiger partial charge is 0.228 e. The van der Waals surface area contributed by atoms with Crippen LogP contribution >= 0.6 is 0 Å². The van der Waals surface area contributed by atoms with Crippen molar-refractivity contribution in [3.05, 3.63) is 90.0 Å². The average molecular weight is 400 g/mol. The van der Waals surface area contributed by atoms with Crippen molar-refractivity contribution in [1.82, 2.24) is 24.1 Å². The van der Waals surface area contributed by atoms with E-state index in [1.165, 1.54) is 0 Å². The van der Waals surface area contributed by atoms with Crippen LogP contribution in [0.3, 0.4) is 0 Å². The number of nitrogens with zero attached hydrogens (tertiary/aromatic N) is 5. The molecule has 0 saturated heterocycles. The molecular weight excluding hydrogens is 380 g/mol. The Morgan fingerprint density at radius 2 is 2.03 bits per heavy atom. The van der Waals surface area contributed by atoms with Crippen molar-refractivity contribution in [1.29, 1.82) is 5.41 Å². The summed E-state index contributed by atoms with van der Waals surface area (Å²) in [7, 11) is 0. The summed E-state index contributed by atoms with van der Waals surface area (Å²) >= 11 is 0. The van der Waals surface area contributed by atoms with Crippen LogP contribution in [0.2, 0.25) is 0 Å². The largest absolute Gasteiger partial charge is 0.508 e. The van der Waals surface area contributed by atoms with Crippen molar-refractivity contribution >= 4 is 0 Å². The first kappa shape index (κ1) is 18.1. The highest BCUT2D eigenvalue weighted by Crippen LogP contribution is 2.45. The van der Waals surface area contributed by atoms with E-state index in [0.717, 1.165) is 24.1 Å². The van der Waals surface area contributed by atoms with Gasteiger partial charge in [-0.25, -0.2) is 9.97 Å². The summed E-state index contributed by atoms with van der Waals surface area (Å²) in [4.78, 5) is 12.8. The third-order valence-corrected chi connectivity index (χ3v) is 5.28. The van der Waals surface area contributed by atoms with E-state index in [4.69, 9.17) is 10.1 Å². The molecule has 0 aliphatic carbocycles. The highest BCUT2D eigenvalue weighted by Gasteiger charge is 2.32. The van der Waals surface area contributed by atoms with E-state index in [1.807, 2.05) is 33.5 Å². The fourth-order valence-corrected chi connectivity index (χ4v) is 3.86. The number of aromatic hydroxyl groups is 1. The fourth-order valence-electron chi connectivity index (χ4n) is 3.86. The summed E-state index contributed by atoms with van der Waals surface area (Å²) in [5.74, 6) is 0.803. The Hall–Kier alpha value is -3.94. The molecule has 0 fully saturated rings. The standard InChI is InChI=1S/C22H20N6O2/c23-21-20-19(15-3-1-6-24-12-15)17-5-4-16(29)11-18(17)30-22(20)26-14-28(21)9-2-8-27-10-7-25-13-27/h1,3-7,10-14,19,23,29H,2,8-9H2. The molecular formula is C22H20N6O2. The molecule has 30 heavy (non-hydrogen) atoms. The van der Waals surface area contributed by atoms with Gasteiger partial charge in [-0.15, -0.1) is 0 Å². The van der Waals surface area contributed by atoms with Crippen LogP contribution in [0.15, 0.2) is 67.8 Å². The number of aryl methyl sites for hydroxylation is 2. The van der Waals surface area contributed by atoms with Crippen LogP contribution in [0.25, 0.3) is 0 Å². The van der Waals surface area contributed by atoms with Crippen LogP contribution in [0, 0.1) is 5.41 Å². The highest BCUT2D eigenvalue weighted by molar-refractivity contribution is 5.56. The van der Waals surface area contributed by atoms with Gasteiger partial charge < -0.3 is 19.0 Å². The van der Waals surface area contributed by atoms with E-state index in [9.17, 15) is 5.11 Å². The lowest BCUT2D eigenvalue weighted by molar-refractivity contribution is 0.411. The first-order valence-corrected chi connectivity index (χ1v) is 9.71. The number of pyridine rings is 1. The van der Waals surface area contributed by atoms with Crippen LogP contribution in [0.1, 0.15) is 29.0 Å². The lowest BCUT2D eigenvalue weighted by atomic mass is 9.84. The topological polar surface area (TPSA) is 102 Å². The summed E-state index contributed by atoms with van der Waals surface area (Å²) in [6, 6.07) is 8.92. The number of fused-ring (bicyclic) bond motifs is 2. The molecule has 8 nitrogen and oxygen atoms in total. The van der Waals surface area contributed by atoms with E-state index >= 15 is 0 Å². The van der Waals surface area contributed by atoms with Gasteiger partial charge >= 0.3 is 0 Å². The van der Waals surface area contributed by atoms with Gasteiger partial charge in [-0.1, -0.05) is 12.1 Å². The van der Waals surface area contributed by atoms with Gasteiger partial charge in [-0.3, -0.25) is 10.4 Å². The van der Waals surface area contributed by atoms with E-state index in [1.54, 1.807) is 43.4 Å². The molecule has 5 rings (SSSR count). The van der Waals surface area contributed by atoms with Crippen molar-refractivity contribution in [3.63, 3.8) is 0 Å². The number of phenols is 1.